The SMILES string of the molecule is Cc1cccc(O)c1Nc1ccccc1CN. The summed E-state index contributed by atoms with van der Waals surface area (Å²) in [5.74, 6) is 0.247. The maximum atomic E-state index is 9.82. The molecular formula is C14H16N2O. The Morgan fingerprint density at radius 3 is 2.59 bits per heavy atom. The van der Waals surface area contributed by atoms with E-state index >= 15 is 0 Å². The molecule has 0 saturated carbocycles. The van der Waals surface area contributed by atoms with E-state index in [9.17, 15) is 5.11 Å². The van der Waals surface area contributed by atoms with E-state index < -0.39 is 0 Å². The largest absolute Gasteiger partial charge is 0.506 e. The standard InChI is InChI=1S/C14H16N2O/c1-10-5-4-8-13(17)14(10)16-12-7-3-2-6-11(12)9-15/h2-8,16-17H,9,15H2,1H3. The molecule has 0 saturated heterocycles. The summed E-state index contributed by atoms with van der Waals surface area (Å²) < 4.78 is 0. The van der Waals surface area contributed by atoms with Crippen LogP contribution >= 0.6 is 0 Å². The van der Waals surface area contributed by atoms with Gasteiger partial charge in [-0.3, -0.25) is 0 Å². The molecule has 88 valence electrons. The third-order valence-corrected chi connectivity index (χ3v) is 2.75. The lowest BCUT2D eigenvalue weighted by Gasteiger charge is -2.14. The van der Waals surface area contributed by atoms with Crippen molar-refractivity contribution in [3.63, 3.8) is 0 Å². The van der Waals surface area contributed by atoms with Gasteiger partial charge < -0.3 is 16.2 Å². The number of aromatic hydroxyl groups is 1. The van der Waals surface area contributed by atoms with Crippen LogP contribution < -0.4 is 11.1 Å². The van der Waals surface area contributed by atoms with Crippen molar-refractivity contribution in [3.8, 4) is 5.75 Å². The smallest absolute Gasteiger partial charge is 0.139 e. The van der Waals surface area contributed by atoms with Crippen LogP contribution in [0.3, 0.4) is 0 Å². The summed E-state index contributed by atoms with van der Waals surface area (Å²) >= 11 is 0. The Morgan fingerprint density at radius 2 is 1.88 bits per heavy atom. The minimum absolute atomic E-state index is 0.247. The molecule has 0 bridgehead atoms. The Morgan fingerprint density at radius 1 is 1.12 bits per heavy atom. The summed E-state index contributed by atoms with van der Waals surface area (Å²) in [6.07, 6.45) is 0. The maximum absolute atomic E-state index is 9.82. The molecule has 0 heterocycles. The van der Waals surface area contributed by atoms with Gasteiger partial charge >= 0.3 is 0 Å². The molecule has 0 radical (unpaired) electrons. The van der Waals surface area contributed by atoms with E-state index in [1.807, 2.05) is 43.3 Å². The molecule has 0 aromatic heterocycles. The van der Waals surface area contributed by atoms with Crippen molar-refractivity contribution >= 4 is 11.4 Å². The maximum Gasteiger partial charge on any atom is 0.139 e. The van der Waals surface area contributed by atoms with Gasteiger partial charge in [-0.25, -0.2) is 0 Å². The Bertz CT molecular complexity index is 503. The highest BCUT2D eigenvalue weighted by molar-refractivity contribution is 5.71. The van der Waals surface area contributed by atoms with Gasteiger partial charge in [0.2, 0.25) is 0 Å². The zero-order valence-electron chi connectivity index (χ0n) is 9.77. The fourth-order valence-corrected chi connectivity index (χ4v) is 1.77. The van der Waals surface area contributed by atoms with Gasteiger partial charge in [-0.15, -0.1) is 0 Å². The summed E-state index contributed by atoms with van der Waals surface area (Å²) in [5.41, 5.74) is 9.36. The number of benzene rings is 2. The number of para-hydroxylation sites is 2. The molecule has 0 amide bonds. The number of nitrogens with one attached hydrogen (secondary N) is 1. The minimum atomic E-state index is 0.247. The number of phenolic OH excluding ortho intramolecular Hbond substituents is 1. The van der Waals surface area contributed by atoms with Crippen LogP contribution in [0, 0.1) is 6.92 Å². The minimum Gasteiger partial charge on any atom is -0.506 e. The zero-order valence-corrected chi connectivity index (χ0v) is 9.77. The molecule has 3 heteroatoms. The molecule has 0 aliphatic heterocycles. The van der Waals surface area contributed by atoms with Crippen LogP contribution in [0.2, 0.25) is 0 Å². The normalized spacial score (nSPS) is 10.2. The third-order valence-electron chi connectivity index (χ3n) is 2.75. The number of rotatable bonds is 3. The van der Waals surface area contributed by atoms with Gasteiger partial charge in [0, 0.05) is 12.2 Å². The van der Waals surface area contributed by atoms with E-state index in [0.29, 0.717) is 6.54 Å². The van der Waals surface area contributed by atoms with Gasteiger partial charge in [0.05, 0.1) is 5.69 Å². The first-order valence-corrected chi connectivity index (χ1v) is 5.56. The second-order valence-corrected chi connectivity index (χ2v) is 3.96. The molecule has 3 nitrogen and oxygen atoms in total. The molecule has 0 spiro atoms. The van der Waals surface area contributed by atoms with Crippen LogP contribution in [0.25, 0.3) is 0 Å². The number of anilines is 2. The quantitative estimate of drug-likeness (QED) is 0.708. The first-order chi connectivity index (χ1) is 8.22. The van der Waals surface area contributed by atoms with E-state index in [1.54, 1.807) is 6.07 Å². The summed E-state index contributed by atoms with van der Waals surface area (Å²) in [4.78, 5) is 0. The first-order valence-electron chi connectivity index (χ1n) is 5.56. The Hall–Kier alpha value is -2.00. The topological polar surface area (TPSA) is 58.3 Å². The number of phenols is 1. The fourth-order valence-electron chi connectivity index (χ4n) is 1.77. The second kappa shape index (κ2) is 4.89. The molecule has 2 aromatic carbocycles. The molecule has 2 rings (SSSR count). The van der Waals surface area contributed by atoms with E-state index in [1.165, 1.54) is 0 Å². The van der Waals surface area contributed by atoms with Gasteiger partial charge in [0.1, 0.15) is 5.75 Å². The van der Waals surface area contributed by atoms with Crippen LogP contribution in [0.4, 0.5) is 11.4 Å². The summed E-state index contributed by atoms with van der Waals surface area (Å²) in [5, 5.41) is 13.1. The van der Waals surface area contributed by atoms with Gasteiger partial charge in [0.15, 0.2) is 0 Å². The zero-order chi connectivity index (χ0) is 12.3. The summed E-state index contributed by atoms with van der Waals surface area (Å²) in [6.45, 7) is 2.42. The van der Waals surface area contributed by atoms with E-state index in [-0.39, 0.29) is 5.75 Å². The van der Waals surface area contributed by atoms with Crippen molar-refractivity contribution in [2.45, 2.75) is 13.5 Å². The van der Waals surface area contributed by atoms with E-state index in [0.717, 1.165) is 22.5 Å². The first kappa shape index (κ1) is 11.5. The fraction of sp³-hybridized carbons (Fsp3) is 0.143. The molecular weight excluding hydrogens is 212 g/mol. The van der Waals surface area contributed by atoms with Gasteiger partial charge in [-0.1, -0.05) is 30.3 Å². The Labute approximate surface area is 101 Å². The number of nitrogens with two attached hydrogens (primary N) is 1. The molecule has 0 fully saturated rings. The summed E-state index contributed by atoms with van der Waals surface area (Å²) in [7, 11) is 0. The average molecular weight is 228 g/mol. The van der Waals surface area contributed by atoms with E-state index in [2.05, 4.69) is 5.32 Å². The molecule has 2 aromatic rings. The van der Waals surface area contributed by atoms with Crippen LogP contribution in [0.5, 0.6) is 5.75 Å². The number of aryl methyl sites for hydroxylation is 1. The van der Waals surface area contributed by atoms with Gasteiger partial charge in [-0.05, 0) is 30.2 Å². The van der Waals surface area contributed by atoms with Crippen LogP contribution in [0.15, 0.2) is 42.5 Å². The van der Waals surface area contributed by atoms with Crippen molar-refractivity contribution in [2.24, 2.45) is 5.73 Å². The van der Waals surface area contributed by atoms with Crippen molar-refractivity contribution in [3.05, 3.63) is 53.6 Å². The molecule has 0 atom stereocenters. The van der Waals surface area contributed by atoms with Crippen molar-refractivity contribution in [1.29, 1.82) is 0 Å². The molecule has 0 aliphatic carbocycles. The highest BCUT2D eigenvalue weighted by Gasteiger charge is 2.06. The van der Waals surface area contributed by atoms with Crippen molar-refractivity contribution in [1.82, 2.24) is 0 Å². The van der Waals surface area contributed by atoms with E-state index in [4.69, 9.17) is 5.73 Å². The molecule has 17 heavy (non-hydrogen) atoms. The second-order valence-electron chi connectivity index (χ2n) is 3.96. The third kappa shape index (κ3) is 2.40. The lowest BCUT2D eigenvalue weighted by Crippen LogP contribution is -2.02. The highest BCUT2D eigenvalue weighted by atomic mass is 16.3. The lowest BCUT2D eigenvalue weighted by atomic mass is 10.1. The van der Waals surface area contributed by atoms with Crippen LogP contribution in [-0.2, 0) is 6.54 Å². The average Bonchev–Trinajstić information content (AvgIpc) is 2.34. The summed E-state index contributed by atoms with van der Waals surface area (Å²) in [6, 6.07) is 13.3. The van der Waals surface area contributed by atoms with Crippen LogP contribution in [0.1, 0.15) is 11.1 Å². The Balaban J connectivity index is 2.38. The molecule has 0 unspecified atom stereocenters. The lowest BCUT2D eigenvalue weighted by molar-refractivity contribution is 0.477. The van der Waals surface area contributed by atoms with Crippen LogP contribution in [-0.4, -0.2) is 5.11 Å². The van der Waals surface area contributed by atoms with Gasteiger partial charge in [-0.2, -0.15) is 0 Å². The monoisotopic (exact) mass is 228 g/mol. The predicted molar refractivity (Wildman–Crippen MR) is 70.5 cm³/mol. The predicted octanol–water partition coefficient (Wildman–Crippen LogP) is 2.90. The number of hydrogen-bond donors (Lipinski definition) is 3. The van der Waals surface area contributed by atoms with Gasteiger partial charge in [0.25, 0.3) is 0 Å². The Kier molecular flexibility index (Phi) is 3.30. The molecule has 4 N–H and O–H groups in total. The highest BCUT2D eigenvalue weighted by Crippen LogP contribution is 2.30. The number of hydrogen-bond acceptors (Lipinski definition) is 3. The van der Waals surface area contributed by atoms with Crippen molar-refractivity contribution in [2.75, 3.05) is 5.32 Å². The van der Waals surface area contributed by atoms with Crippen molar-refractivity contribution < 1.29 is 5.11 Å². The molecule has 0 aliphatic rings.